The lowest BCUT2D eigenvalue weighted by molar-refractivity contribution is -0.162. The van der Waals surface area contributed by atoms with Crippen LogP contribution in [0, 0.1) is 9.49 Å². The molecule has 4 rings (SSSR count). The number of hydrogen-bond acceptors (Lipinski definition) is 4. The SMILES string of the molecule is COC(=O)[C@@H]1[C@@H](OC(c2ccccc2)c2ccc(I)cc2)C[C@H]2CC[C@@H]1N2C. The van der Waals surface area contributed by atoms with Crippen molar-refractivity contribution in [1.29, 1.82) is 0 Å². The summed E-state index contributed by atoms with van der Waals surface area (Å²) in [6.45, 7) is 0. The van der Waals surface area contributed by atoms with Gasteiger partial charge >= 0.3 is 5.97 Å². The van der Waals surface area contributed by atoms with Crippen LogP contribution in [0.25, 0.3) is 0 Å². The first-order valence-electron chi connectivity index (χ1n) is 9.84. The third-order valence-corrected chi connectivity index (χ3v) is 6.99. The summed E-state index contributed by atoms with van der Waals surface area (Å²) in [4.78, 5) is 15.0. The molecule has 0 amide bonds. The molecule has 2 heterocycles. The number of esters is 1. The quantitative estimate of drug-likeness (QED) is 0.459. The lowest BCUT2D eigenvalue weighted by atomic mass is 9.87. The summed E-state index contributed by atoms with van der Waals surface area (Å²) in [6, 6.07) is 19.4. The van der Waals surface area contributed by atoms with Gasteiger partial charge in [-0.1, -0.05) is 42.5 Å². The van der Waals surface area contributed by atoms with Crippen LogP contribution in [0.2, 0.25) is 0 Å². The predicted molar refractivity (Wildman–Crippen MR) is 117 cm³/mol. The zero-order valence-electron chi connectivity index (χ0n) is 16.3. The highest BCUT2D eigenvalue weighted by atomic mass is 127. The van der Waals surface area contributed by atoms with Crippen molar-refractivity contribution in [3.8, 4) is 0 Å². The predicted octanol–water partition coefficient (Wildman–Crippen LogP) is 4.42. The van der Waals surface area contributed by atoms with Crippen molar-refractivity contribution in [1.82, 2.24) is 4.90 Å². The molecule has 0 aromatic heterocycles. The fourth-order valence-corrected chi connectivity index (χ4v) is 5.16. The topological polar surface area (TPSA) is 38.8 Å². The van der Waals surface area contributed by atoms with Crippen LogP contribution in [-0.4, -0.2) is 43.2 Å². The molecule has 0 saturated carbocycles. The number of rotatable bonds is 5. The smallest absolute Gasteiger partial charge is 0.312 e. The highest BCUT2D eigenvalue weighted by molar-refractivity contribution is 14.1. The number of fused-ring (bicyclic) bond motifs is 2. The highest BCUT2D eigenvalue weighted by Crippen LogP contribution is 2.42. The van der Waals surface area contributed by atoms with Gasteiger partial charge in [0.15, 0.2) is 0 Å². The number of carbonyl (C=O) groups is 1. The zero-order chi connectivity index (χ0) is 19.7. The monoisotopic (exact) mass is 491 g/mol. The molecule has 0 spiro atoms. The number of hydrogen-bond donors (Lipinski definition) is 0. The third kappa shape index (κ3) is 3.84. The van der Waals surface area contributed by atoms with Crippen LogP contribution in [0.3, 0.4) is 0 Å². The minimum absolute atomic E-state index is 0.148. The first-order valence-corrected chi connectivity index (χ1v) is 10.9. The molecular formula is C23H26INO3. The summed E-state index contributed by atoms with van der Waals surface area (Å²) in [6.07, 6.45) is 2.67. The van der Waals surface area contributed by atoms with Gasteiger partial charge in [0.1, 0.15) is 6.10 Å². The van der Waals surface area contributed by atoms with Crippen LogP contribution < -0.4 is 0 Å². The van der Waals surface area contributed by atoms with E-state index in [2.05, 4.69) is 70.9 Å². The van der Waals surface area contributed by atoms with E-state index < -0.39 is 0 Å². The lowest BCUT2D eigenvalue weighted by Gasteiger charge is -2.42. The van der Waals surface area contributed by atoms with Gasteiger partial charge in [0.2, 0.25) is 0 Å². The Labute approximate surface area is 180 Å². The average Bonchev–Trinajstić information content (AvgIpc) is 2.96. The molecule has 0 N–H and O–H groups in total. The van der Waals surface area contributed by atoms with Crippen LogP contribution in [0.4, 0.5) is 0 Å². The van der Waals surface area contributed by atoms with Crippen LogP contribution in [0.15, 0.2) is 54.6 Å². The second-order valence-corrected chi connectivity index (χ2v) is 9.01. The minimum Gasteiger partial charge on any atom is -0.469 e. The van der Waals surface area contributed by atoms with Crippen molar-refractivity contribution in [3.05, 3.63) is 69.3 Å². The molecule has 2 fully saturated rings. The maximum atomic E-state index is 12.7. The molecule has 148 valence electrons. The molecule has 0 radical (unpaired) electrons. The molecule has 0 aliphatic carbocycles. The van der Waals surface area contributed by atoms with E-state index in [0.717, 1.165) is 30.4 Å². The van der Waals surface area contributed by atoms with Gasteiger partial charge < -0.3 is 9.47 Å². The van der Waals surface area contributed by atoms with Crippen molar-refractivity contribution in [3.63, 3.8) is 0 Å². The molecule has 5 atom stereocenters. The molecule has 4 nitrogen and oxygen atoms in total. The molecule has 1 unspecified atom stereocenters. The number of methoxy groups -OCH3 is 1. The van der Waals surface area contributed by atoms with E-state index in [9.17, 15) is 4.79 Å². The third-order valence-electron chi connectivity index (χ3n) is 6.27. The summed E-state index contributed by atoms with van der Waals surface area (Å²) < 4.78 is 13.1. The molecule has 2 aliphatic heterocycles. The summed E-state index contributed by atoms with van der Waals surface area (Å²) in [5, 5.41) is 0. The van der Waals surface area contributed by atoms with E-state index in [-0.39, 0.29) is 30.1 Å². The van der Waals surface area contributed by atoms with Gasteiger partial charge in [0.05, 0.1) is 19.1 Å². The number of nitrogens with zero attached hydrogens (tertiary/aromatic N) is 1. The molecule has 5 heteroatoms. The zero-order valence-corrected chi connectivity index (χ0v) is 18.4. The van der Waals surface area contributed by atoms with Crippen molar-refractivity contribution in [2.24, 2.45) is 5.92 Å². The summed E-state index contributed by atoms with van der Waals surface area (Å²) in [7, 11) is 3.61. The summed E-state index contributed by atoms with van der Waals surface area (Å²) in [5.74, 6) is -0.402. The van der Waals surface area contributed by atoms with E-state index >= 15 is 0 Å². The Morgan fingerprint density at radius 2 is 1.75 bits per heavy atom. The first kappa shape index (κ1) is 19.9. The van der Waals surface area contributed by atoms with Crippen LogP contribution >= 0.6 is 22.6 Å². The van der Waals surface area contributed by atoms with Crippen molar-refractivity contribution >= 4 is 28.6 Å². The molecule has 2 aliphatic rings. The molecular weight excluding hydrogens is 465 g/mol. The van der Waals surface area contributed by atoms with E-state index in [1.54, 1.807) is 0 Å². The maximum absolute atomic E-state index is 12.7. The largest absolute Gasteiger partial charge is 0.469 e. The molecule has 2 aromatic rings. The lowest BCUT2D eigenvalue weighted by Crippen LogP contribution is -2.53. The van der Waals surface area contributed by atoms with Crippen molar-refractivity contribution < 1.29 is 14.3 Å². The van der Waals surface area contributed by atoms with Gasteiger partial charge in [-0.15, -0.1) is 0 Å². The van der Waals surface area contributed by atoms with Gasteiger partial charge in [-0.3, -0.25) is 9.69 Å². The molecule has 28 heavy (non-hydrogen) atoms. The highest BCUT2D eigenvalue weighted by Gasteiger charge is 2.50. The van der Waals surface area contributed by atoms with Crippen LogP contribution in [0.5, 0.6) is 0 Å². The fraction of sp³-hybridized carbons (Fsp3) is 0.435. The first-order chi connectivity index (χ1) is 13.6. The Morgan fingerprint density at radius 1 is 1.07 bits per heavy atom. The number of piperidine rings is 1. The Balaban J connectivity index is 1.67. The second-order valence-electron chi connectivity index (χ2n) is 7.77. The standard InChI is InChI=1S/C23H26INO3/c1-25-18-12-13-19(25)21(23(26)27-2)20(14-18)28-22(15-6-4-3-5-7-15)16-8-10-17(24)11-9-16/h3-11,18-22H,12-14H2,1-2H3/t18-,19+,20+,21+,22?/m1/s1. The summed E-state index contributed by atoms with van der Waals surface area (Å²) >= 11 is 2.32. The molecule has 2 bridgehead atoms. The van der Waals surface area contributed by atoms with Gasteiger partial charge in [0, 0.05) is 15.7 Å². The second kappa shape index (κ2) is 8.51. The van der Waals surface area contributed by atoms with E-state index in [0.29, 0.717) is 6.04 Å². The van der Waals surface area contributed by atoms with Crippen LogP contribution in [0.1, 0.15) is 36.5 Å². The Kier molecular flexibility index (Phi) is 6.04. The molecule has 2 saturated heterocycles. The van der Waals surface area contributed by atoms with Crippen molar-refractivity contribution in [2.45, 2.75) is 43.6 Å². The minimum atomic E-state index is -0.246. The number of halogens is 1. The summed E-state index contributed by atoms with van der Waals surface area (Å²) in [5.41, 5.74) is 2.22. The number of ether oxygens (including phenoxy) is 2. The van der Waals surface area contributed by atoms with E-state index in [4.69, 9.17) is 9.47 Å². The van der Waals surface area contributed by atoms with E-state index in [1.165, 1.54) is 10.7 Å². The number of benzene rings is 2. The Bertz CT molecular complexity index is 810. The van der Waals surface area contributed by atoms with Gasteiger partial charge in [-0.05, 0) is 72.2 Å². The fourth-order valence-electron chi connectivity index (χ4n) is 4.80. The Hall–Kier alpha value is -1.44. The Morgan fingerprint density at radius 3 is 2.43 bits per heavy atom. The van der Waals surface area contributed by atoms with Crippen molar-refractivity contribution in [2.75, 3.05) is 14.2 Å². The van der Waals surface area contributed by atoms with E-state index in [1.807, 2.05) is 18.2 Å². The van der Waals surface area contributed by atoms with Gasteiger partial charge in [-0.25, -0.2) is 0 Å². The average molecular weight is 491 g/mol. The van der Waals surface area contributed by atoms with Crippen LogP contribution in [-0.2, 0) is 14.3 Å². The van der Waals surface area contributed by atoms with Gasteiger partial charge in [-0.2, -0.15) is 0 Å². The van der Waals surface area contributed by atoms with Gasteiger partial charge in [0.25, 0.3) is 0 Å². The normalized spacial score (nSPS) is 28.1. The molecule has 2 aromatic carbocycles. The number of carbonyl (C=O) groups excluding carboxylic acids is 1. The maximum Gasteiger partial charge on any atom is 0.312 e.